The van der Waals surface area contributed by atoms with Crippen LogP contribution in [0.3, 0.4) is 0 Å². The maximum Gasteiger partial charge on any atom is 0.174 e. The molecule has 0 bridgehead atoms. The average molecular weight is 214 g/mol. The summed E-state index contributed by atoms with van der Waals surface area (Å²) in [4.78, 5) is 0. The van der Waals surface area contributed by atoms with Gasteiger partial charge in [-0.3, -0.25) is 0 Å². The predicted octanol–water partition coefficient (Wildman–Crippen LogP) is 1.95. The van der Waals surface area contributed by atoms with Gasteiger partial charge < -0.3 is 10.5 Å². The lowest BCUT2D eigenvalue weighted by molar-refractivity contribution is 0.0118. The third-order valence-electron chi connectivity index (χ3n) is 2.30. The number of hydrogen-bond acceptors (Lipinski definition) is 4. The topological polar surface area (TPSA) is 61.0 Å². The Hall–Kier alpha value is -0.870. The van der Waals surface area contributed by atoms with Crippen LogP contribution in [0, 0.1) is 0 Å². The molecule has 1 aliphatic rings. The summed E-state index contributed by atoms with van der Waals surface area (Å²) in [6.07, 6.45) is 3.30. The van der Waals surface area contributed by atoms with Crippen LogP contribution in [0.2, 0.25) is 5.15 Å². The summed E-state index contributed by atoms with van der Waals surface area (Å²) >= 11 is 5.68. The minimum atomic E-state index is 0.0378. The maximum absolute atomic E-state index is 5.68. The van der Waals surface area contributed by atoms with Gasteiger partial charge in [-0.1, -0.05) is 11.6 Å². The van der Waals surface area contributed by atoms with Crippen LogP contribution in [0.5, 0.6) is 0 Å². The molecule has 0 aromatic carbocycles. The molecule has 2 N–H and O–H groups in total. The van der Waals surface area contributed by atoms with E-state index in [0.29, 0.717) is 5.69 Å². The van der Waals surface area contributed by atoms with Crippen LogP contribution in [0.15, 0.2) is 6.07 Å². The van der Waals surface area contributed by atoms with Gasteiger partial charge in [-0.15, -0.1) is 5.10 Å². The molecule has 0 radical (unpaired) electrons. The molecule has 1 aromatic heterocycles. The molecule has 0 spiro atoms. The Morgan fingerprint density at radius 1 is 1.43 bits per heavy atom. The van der Waals surface area contributed by atoms with E-state index in [1.54, 1.807) is 6.07 Å². The molecule has 1 aromatic rings. The third kappa shape index (κ3) is 1.96. The van der Waals surface area contributed by atoms with Crippen molar-refractivity contribution in [3.63, 3.8) is 0 Å². The number of aromatic nitrogens is 2. The molecule has 0 aliphatic carbocycles. The van der Waals surface area contributed by atoms with E-state index >= 15 is 0 Å². The first-order valence-electron chi connectivity index (χ1n) is 4.67. The van der Waals surface area contributed by atoms with E-state index in [1.807, 2.05) is 0 Å². The van der Waals surface area contributed by atoms with Crippen LogP contribution < -0.4 is 5.73 Å². The molecule has 0 amide bonds. The predicted molar refractivity (Wildman–Crippen MR) is 54.0 cm³/mol. The summed E-state index contributed by atoms with van der Waals surface area (Å²) in [6.45, 7) is 0.787. The Morgan fingerprint density at radius 2 is 2.29 bits per heavy atom. The largest absolute Gasteiger partial charge is 0.396 e. The van der Waals surface area contributed by atoms with Gasteiger partial charge in [0, 0.05) is 6.61 Å². The zero-order valence-corrected chi connectivity index (χ0v) is 8.50. The number of nitrogens with zero attached hydrogens (tertiary/aromatic N) is 2. The number of nitrogens with two attached hydrogens (primary N) is 1. The van der Waals surface area contributed by atoms with Gasteiger partial charge in [0.05, 0.1) is 11.4 Å². The van der Waals surface area contributed by atoms with Crippen LogP contribution in [-0.2, 0) is 4.74 Å². The lowest BCUT2D eigenvalue weighted by atomic mass is 10.1. The van der Waals surface area contributed by atoms with Crippen LogP contribution >= 0.6 is 11.6 Å². The summed E-state index contributed by atoms with van der Waals surface area (Å²) < 4.78 is 5.56. The van der Waals surface area contributed by atoms with Crippen molar-refractivity contribution >= 4 is 17.3 Å². The monoisotopic (exact) mass is 213 g/mol. The molecule has 1 unspecified atom stereocenters. The van der Waals surface area contributed by atoms with Gasteiger partial charge in [-0.2, -0.15) is 5.10 Å². The second kappa shape index (κ2) is 4.11. The number of ether oxygens (including phenoxy) is 1. The minimum absolute atomic E-state index is 0.0378. The summed E-state index contributed by atoms with van der Waals surface area (Å²) in [5.41, 5.74) is 6.88. The summed E-state index contributed by atoms with van der Waals surface area (Å²) in [5.74, 6) is 0. The quantitative estimate of drug-likeness (QED) is 0.775. The highest BCUT2D eigenvalue weighted by molar-refractivity contribution is 6.31. The van der Waals surface area contributed by atoms with Crippen LogP contribution in [-0.4, -0.2) is 16.8 Å². The van der Waals surface area contributed by atoms with Crippen LogP contribution in [0.25, 0.3) is 0 Å². The Kier molecular flexibility index (Phi) is 2.84. The molecule has 1 saturated heterocycles. The van der Waals surface area contributed by atoms with Gasteiger partial charge in [0.1, 0.15) is 6.10 Å². The van der Waals surface area contributed by atoms with Crippen molar-refractivity contribution in [2.75, 3.05) is 12.3 Å². The molecule has 76 valence electrons. The second-order valence-corrected chi connectivity index (χ2v) is 3.73. The molecule has 1 fully saturated rings. The highest BCUT2D eigenvalue weighted by atomic mass is 35.5. The van der Waals surface area contributed by atoms with Crippen molar-refractivity contribution in [3.05, 3.63) is 16.9 Å². The van der Waals surface area contributed by atoms with Crippen molar-refractivity contribution in [2.24, 2.45) is 0 Å². The molecule has 4 nitrogen and oxygen atoms in total. The molecule has 5 heteroatoms. The van der Waals surface area contributed by atoms with Gasteiger partial charge in [0.2, 0.25) is 0 Å². The standard InChI is InChI=1S/C9H12ClN3O/c10-9-6(11)5-7(12-13-9)8-3-1-2-4-14-8/h5,8H,1-4H2,(H2,11,12). The van der Waals surface area contributed by atoms with E-state index in [4.69, 9.17) is 22.1 Å². The second-order valence-electron chi connectivity index (χ2n) is 3.37. The first-order chi connectivity index (χ1) is 6.77. The molecule has 1 aliphatic heterocycles. The fourth-order valence-corrected chi connectivity index (χ4v) is 1.63. The number of nitrogen functional groups attached to an aromatic ring is 1. The Morgan fingerprint density at radius 3 is 2.93 bits per heavy atom. The summed E-state index contributed by atoms with van der Waals surface area (Å²) in [7, 11) is 0. The zero-order valence-electron chi connectivity index (χ0n) is 7.74. The maximum atomic E-state index is 5.68. The van der Waals surface area contributed by atoms with E-state index < -0.39 is 0 Å². The van der Waals surface area contributed by atoms with Crippen molar-refractivity contribution in [2.45, 2.75) is 25.4 Å². The minimum Gasteiger partial charge on any atom is -0.396 e. The molecule has 2 rings (SSSR count). The van der Waals surface area contributed by atoms with Crippen molar-refractivity contribution in [3.8, 4) is 0 Å². The van der Waals surface area contributed by atoms with Gasteiger partial charge in [0.25, 0.3) is 0 Å². The van der Waals surface area contributed by atoms with E-state index in [9.17, 15) is 0 Å². The molecule has 2 heterocycles. The van der Waals surface area contributed by atoms with Crippen molar-refractivity contribution in [1.82, 2.24) is 10.2 Å². The smallest absolute Gasteiger partial charge is 0.174 e. The van der Waals surface area contributed by atoms with E-state index in [1.165, 1.54) is 0 Å². The fraction of sp³-hybridized carbons (Fsp3) is 0.556. The third-order valence-corrected chi connectivity index (χ3v) is 2.60. The normalized spacial score (nSPS) is 22.2. The molecule has 0 saturated carbocycles. The van der Waals surface area contributed by atoms with Crippen molar-refractivity contribution in [1.29, 1.82) is 0 Å². The fourth-order valence-electron chi connectivity index (χ4n) is 1.54. The number of hydrogen-bond donors (Lipinski definition) is 1. The highest BCUT2D eigenvalue weighted by Gasteiger charge is 2.18. The molecular weight excluding hydrogens is 202 g/mol. The molecule has 14 heavy (non-hydrogen) atoms. The first-order valence-corrected chi connectivity index (χ1v) is 5.05. The Labute approximate surface area is 87.4 Å². The van der Waals surface area contributed by atoms with Crippen molar-refractivity contribution < 1.29 is 4.74 Å². The van der Waals surface area contributed by atoms with E-state index in [0.717, 1.165) is 31.6 Å². The first kappa shape index (κ1) is 9.68. The van der Waals surface area contributed by atoms with Crippen LogP contribution in [0.4, 0.5) is 5.69 Å². The Bertz CT molecular complexity index is 326. The summed E-state index contributed by atoms with van der Waals surface area (Å²) in [5, 5.41) is 7.99. The number of halogens is 1. The lowest BCUT2D eigenvalue weighted by Crippen LogP contribution is -2.13. The lowest BCUT2D eigenvalue weighted by Gasteiger charge is -2.21. The average Bonchev–Trinajstić information content (AvgIpc) is 2.23. The van der Waals surface area contributed by atoms with Gasteiger partial charge in [-0.25, -0.2) is 0 Å². The number of rotatable bonds is 1. The molecule has 1 atom stereocenters. The van der Waals surface area contributed by atoms with Gasteiger partial charge >= 0.3 is 0 Å². The van der Waals surface area contributed by atoms with E-state index in [2.05, 4.69) is 10.2 Å². The SMILES string of the molecule is Nc1cc(C2CCCCO2)nnc1Cl. The van der Waals surface area contributed by atoms with Gasteiger partial charge in [-0.05, 0) is 25.3 Å². The Balaban J connectivity index is 2.18. The summed E-state index contributed by atoms with van der Waals surface area (Å²) in [6, 6.07) is 1.74. The molecular formula is C9H12ClN3O. The number of anilines is 1. The van der Waals surface area contributed by atoms with Crippen LogP contribution in [0.1, 0.15) is 31.1 Å². The highest BCUT2D eigenvalue weighted by Crippen LogP contribution is 2.28. The van der Waals surface area contributed by atoms with E-state index in [-0.39, 0.29) is 11.3 Å². The van der Waals surface area contributed by atoms with Gasteiger partial charge in [0.15, 0.2) is 5.15 Å². The zero-order chi connectivity index (χ0) is 9.97.